The number of ether oxygens (including phenoxy) is 4. The molecule has 31 heavy (non-hydrogen) atoms. The van der Waals surface area contributed by atoms with Crippen LogP contribution in [0.5, 0.6) is 23.0 Å². The highest BCUT2D eigenvalue weighted by molar-refractivity contribution is 7.92. The van der Waals surface area contributed by atoms with Crippen LogP contribution >= 0.6 is 0 Å². The van der Waals surface area contributed by atoms with Gasteiger partial charge in [-0.15, -0.1) is 0 Å². The Balaban J connectivity index is 2.16. The summed E-state index contributed by atoms with van der Waals surface area (Å²) in [6.45, 7) is 0.0546. The molecule has 164 valence electrons. The van der Waals surface area contributed by atoms with Crippen molar-refractivity contribution in [1.29, 1.82) is 0 Å². The van der Waals surface area contributed by atoms with Gasteiger partial charge in [0.2, 0.25) is 0 Å². The van der Waals surface area contributed by atoms with Gasteiger partial charge < -0.3 is 18.9 Å². The van der Waals surface area contributed by atoms with Gasteiger partial charge in [-0.1, -0.05) is 24.3 Å². The van der Waals surface area contributed by atoms with E-state index >= 15 is 0 Å². The van der Waals surface area contributed by atoms with Crippen LogP contribution in [0, 0.1) is 0 Å². The minimum Gasteiger partial charge on any atom is -0.497 e. The van der Waals surface area contributed by atoms with Gasteiger partial charge in [0.1, 0.15) is 11.5 Å². The number of rotatable bonds is 9. The van der Waals surface area contributed by atoms with Crippen LogP contribution in [-0.2, 0) is 16.6 Å². The molecule has 3 rings (SSSR count). The zero-order chi connectivity index (χ0) is 22.4. The molecule has 0 radical (unpaired) electrons. The van der Waals surface area contributed by atoms with Crippen LogP contribution in [0.15, 0.2) is 71.6 Å². The fraction of sp³-hybridized carbons (Fsp3) is 0.217. The van der Waals surface area contributed by atoms with E-state index in [4.69, 9.17) is 18.9 Å². The first-order valence-electron chi connectivity index (χ1n) is 9.45. The number of hydrogen-bond donors (Lipinski definition) is 0. The molecule has 7 nitrogen and oxygen atoms in total. The van der Waals surface area contributed by atoms with Crippen molar-refractivity contribution in [2.45, 2.75) is 11.4 Å². The van der Waals surface area contributed by atoms with Crippen molar-refractivity contribution in [3.8, 4) is 23.0 Å². The first-order valence-corrected chi connectivity index (χ1v) is 10.9. The molecule has 0 fully saturated rings. The quantitative estimate of drug-likeness (QED) is 0.495. The minimum atomic E-state index is -3.95. The van der Waals surface area contributed by atoms with Crippen molar-refractivity contribution in [2.24, 2.45) is 0 Å². The number of para-hydroxylation sites is 1. The molecule has 0 atom stereocenters. The standard InChI is InChI=1S/C23H25NO6S/c1-27-19-9-7-10-20(15-19)31(25,26)24(16-17-8-5-6-11-21(17)28-2)18-12-13-22(29-3)23(14-18)30-4/h5-15H,16H2,1-4H3. The minimum absolute atomic E-state index is 0.0546. The number of nitrogens with zero attached hydrogens (tertiary/aromatic N) is 1. The second kappa shape index (κ2) is 9.61. The predicted molar refractivity (Wildman–Crippen MR) is 119 cm³/mol. The third-order valence-corrected chi connectivity index (χ3v) is 6.56. The molecule has 0 saturated carbocycles. The Hall–Kier alpha value is -3.39. The number of anilines is 1. The van der Waals surface area contributed by atoms with Gasteiger partial charge in [0.05, 0.1) is 45.6 Å². The van der Waals surface area contributed by atoms with Gasteiger partial charge in [0.25, 0.3) is 10.0 Å². The Kier molecular flexibility index (Phi) is 6.91. The smallest absolute Gasteiger partial charge is 0.264 e. The summed E-state index contributed by atoms with van der Waals surface area (Å²) in [6, 6.07) is 18.6. The monoisotopic (exact) mass is 443 g/mol. The average Bonchev–Trinajstić information content (AvgIpc) is 2.82. The van der Waals surface area contributed by atoms with Gasteiger partial charge in [-0.3, -0.25) is 4.31 Å². The van der Waals surface area contributed by atoms with Crippen LogP contribution in [0.25, 0.3) is 0 Å². The molecule has 0 aliphatic carbocycles. The third kappa shape index (κ3) is 4.69. The van der Waals surface area contributed by atoms with Crippen molar-refractivity contribution in [2.75, 3.05) is 32.7 Å². The Morgan fingerprint density at radius 3 is 2.10 bits per heavy atom. The van der Waals surface area contributed by atoms with E-state index in [2.05, 4.69) is 0 Å². The maximum atomic E-state index is 13.7. The van der Waals surface area contributed by atoms with Gasteiger partial charge in [-0.2, -0.15) is 0 Å². The molecule has 0 unspecified atom stereocenters. The fourth-order valence-corrected chi connectivity index (χ4v) is 4.64. The molecule has 0 aromatic heterocycles. The van der Waals surface area contributed by atoms with Gasteiger partial charge in [-0.25, -0.2) is 8.42 Å². The van der Waals surface area contributed by atoms with E-state index in [0.717, 1.165) is 0 Å². The zero-order valence-electron chi connectivity index (χ0n) is 17.9. The molecule has 0 aliphatic rings. The largest absolute Gasteiger partial charge is 0.497 e. The maximum absolute atomic E-state index is 13.7. The normalized spacial score (nSPS) is 11.0. The van der Waals surface area contributed by atoms with E-state index in [1.807, 2.05) is 18.2 Å². The van der Waals surface area contributed by atoms with E-state index in [1.54, 1.807) is 43.5 Å². The summed E-state index contributed by atoms with van der Waals surface area (Å²) in [5, 5.41) is 0. The lowest BCUT2D eigenvalue weighted by atomic mass is 10.2. The first-order chi connectivity index (χ1) is 14.9. The topological polar surface area (TPSA) is 74.3 Å². The summed E-state index contributed by atoms with van der Waals surface area (Å²) in [5.41, 5.74) is 1.14. The summed E-state index contributed by atoms with van der Waals surface area (Å²) in [4.78, 5) is 0.108. The lowest BCUT2D eigenvalue weighted by molar-refractivity contribution is 0.355. The van der Waals surface area contributed by atoms with Crippen LogP contribution in [0.1, 0.15) is 5.56 Å². The summed E-state index contributed by atoms with van der Waals surface area (Å²) < 4.78 is 50.1. The van der Waals surface area contributed by atoms with Crippen molar-refractivity contribution < 1.29 is 27.4 Å². The molecule has 0 amide bonds. The van der Waals surface area contributed by atoms with Crippen molar-refractivity contribution in [3.63, 3.8) is 0 Å². The summed E-state index contributed by atoms with van der Waals surface area (Å²) >= 11 is 0. The molecule has 3 aromatic rings. The molecule has 0 spiro atoms. The summed E-state index contributed by atoms with van der Waals surface area (Å²) in [7, 11) is 2.12. The number of hydrogen-bond acceptors (Lipinski definition) is 6. The lowest BCUT2D eigenvalue weighted by Crippen LogP contribution is -2.30. The second-order valence-electron chi connectivity index (χ2n) is 6.54. The van der Waals surface area contributed by atoms with Crippen molar-refractivity contribution in [1.82, 2.24) is 0 Å². The first kappa shape index (κ1) is 22.3. The highest BCUT2D eigenvalue weighted by Crippen LogP contribution is 2.36. The number of benzene rings is 3. The van der Waals surface area contributed by atoms with Gasteiger partial charge >= 0.3 is 0 Å². The molecule has 0 aliphatic heterocycles. The van der Waals surface area contributed by atoms with Gasteiger partial charge in [-0.05, 0) is 30.3 Å². The summed E-state index contributed by atoms with van der Waals surface area (Å²) in [5.74, 6) is 1.97. The van der Waals surface area contributed by atoms with Crippen LogP contribution < -0.4 is 23.3 Å². The van der Waals surface area contributed by atoms with E-state index in [9.17, 15) is 8.42 Å². The molecule has 0 bridgehead atoms. The van der Waals surface area contributed by atoms with Crippen LogP contribution in [0.2, 0.25) is 0 Å². The number of methoxy groups -OCH3 is 4. The highest BCUT2D eigenvalue weighted by Gasteiger charge is 2.27. The van der Waals surface area contributed by atoms with Crippen LogP contribution in [0.4, 0.5) is 5.69 Å². The van der Waals surface area contributed by atoms with E-state index in [-0.39, 0.29) is 11.4 Å². The van der Waals surface area contributed by atoms with Gasteiger partial charge in [0, 0.05) is 17.7 Å². The molecule has 3 aromatic carbocycles. The van der Waals surface area contributed by atoms with E-state index in [0.29, 0.717) is 34.2 Å². The molecular formula is C23H25NO6S. The van der Waals surface area contributed by atoms with Crippen molar-refractivity contribution >= 4 is 15.7 Å². The van der Waals surface area contributed by atoms with E-state index in [1.165, 1.54) is 37.8 Å². The molecule has 0 heterocycles. The average molecular weight is 444 g/mol. The second-order valence-corrected chi connectivity index (χ2v) is 8.40. The van der Waals surface area contributed by atoms with Crippen LogP contribution in [0.3, 0.4) is 0 Å². The van der Waals surface area contributed by atoms with Crippen LogP contribution in [-0.4, -0.2) is 36.9 Å². The zero-order valence-corrected chi connectivity index (χ0v) is 18.7. The Morgan fingerprint density at radius 2 is 1.42 bits per heavy atom. The Labute approximate surface area is 182 Å². The Morgan fingerprint density at radius 1 is 0.710 bits per heavy atom. The third-order valence-electron chi connectivity index (χ3n) is 4.79. The predicted octanol–water partition coefficient (Wildman–Crippen LogP) is 4.12. The maximum Gasteiger partial charge on any atom is 0.264 e. The highest BCUT2D eigenvalue weighted by atomic mass is 32.2. The number of sulfonamides is 1. The van der Waals surface area contributed by atoms with Gasteiger partial charge in [0.15, 0.2) is 11.5 Å². The SMILES string of the molecule is COc1cccc(S(=O)(=O)N(Cc2ccccc2OC)c2ccc(OC)c(OC)c2)c1. The van der Waals surface area contributed by atoms with E-state index < -0.39 is 10.0 Å². The molecule has 0 saturated heterocycles. The molecular weight excluding hydrogens is 418 g/mol. The molecule has 0 N–H and O–H groups in total. The lowest BCUT2D eigenvalue weighted by Gasteiger charge is -2.26. The van der Waals surface area contributed by atoms with Crippen molar-refractivity contribution in [3.05, 3.63) is 72.3 Å². The summed E-state index contributed by atoms with van der Waals surface area (Å²) in [6.07, 6.45) is 0. The Bertz CT molecular complexity index is 1150. The molecule has 8 heteroatoms. The fourth-order valence-electron chi connectivity index (χ4n) is 3.17.